The second kappa shape index (κ2) is 4.54. The van der Waals surface area contributed by atoms with Crippen molar-refractivity contribution in [1.29, 1.82) is 0 Å². The quantitative estimate of drug-likeness (QED) is 0.930. The molecule has 0 saturated heterocycles. The number of carboxylic acid groups (broad SMARTS) is 1. The highest BCUT2D eigenvalue weighted by Gasteiger charge is 2.42. The van der Waals surface area contributed by atoms with Crippen LogP contribution in [-0.4, -0.2) is 34.8 Å². The van der Waals surface area contributed by atoms with Crippen LogP contribution in [0, 0.1) is 12.8 Å². The fraction of sp³-hybridized carbons (Fsp3) is 0.462. The van der Waals surface area contributed by atoms with E-state index in [0.717, 1.165) is 27.3 Å². The van der Waals surface area contributed by atoms with Gasteiger partial charge >= 0.3 is 5.97 Å². The maximum atomic E-state index is 11.4. The lowest BCUT2D eigenvalue weighted by Crippen LogP contribution is -2.05. The van der Waals surface area contributed by atoms with E-state index < -0.39 is 5.97 Å². The lowest BCUT2D eigenvalue weighted by molar-refractivity contribution is 0.0695. The fourth-order valence-corrected chi connectivity index (χ4v) is 3.32. The van der Waals surface area contributed by atoms with Gasteiger partial charge in [0.05, 0.1) is 10.6 Å². The summed E-state index contributed by atoms with van der Waals surface area (Å²) in [6.07, 6.45) is 2.42. The summed E-state index contributed by atoms with van der Waals surface area (Å²) >= 11 is 1.50. The largest absolute Gasteiger partial charge is 0.478 e. The molecule has 0 unspecified atom stereocenters. The maximum Gasteiger partial charge on any atom is 0.337 e. The molecular weight excluding hydrogens is 264 g/mol. The maximum absolute atomic E-state index is 11.4. The van der Waals surface area contributed by atoms with Crippen LogP contribution in [0.25, 0.3) is 10.3 Å². The highest BCUT2D eigenvalue weighted by Crippen LogP contribution is 2.50. The van der Waals surface area contributed by atoms with Gasteiger partial charge in [-0.25, -0.2) is 14.8 Å². The molecule has 1 N–H and O–H groups in total. The number of ether oxygens (including phenoxy) is 1. The molecule has 1 aliphatic carbocycles. The zero-order valence-electron chi connectivity index (χ0n) is 10.7. The topological polar surface area (TPSA) is 72.3 Å². The van der Waals surface area contributed by atoms with Gasteiger partial charge in [-0.05, 0) is 25.2 Å². The number of aromatic nitrogens is 2. The standard InChI is InChI=1S/C13H14N2O3S/c1-6-15-11-10(8-3-7(8)5-18-2)9(13(16)17)4-14-12(11)19-6/h4,7-8H,3,5H2,1-2H3,(H,16,17)/t7-,8+/m1/s1. The van der Waals surface area contributed by atoms with Crippen LogP contribution in [-0.2, 0) is 4.74 Å². The van der Waals surface area contributed by atoms with Gasteiger partial charge < -0.3 is 9.84 Å². The van der Waals surface area contributed by atoms with Crippen molar-refractivity contribution in [2.75, 3.05) is 13.7 Å². The first-order valence-corrected chi connectivity index (χ1v) is 6.91. The lowest BCUT2D eigenvalue weighted by Gasteiger charge is -2.06. The average molecular weight is 278 g/mol. The van der Waals surface area contributed by atoms with E-state index in [2.05, 4.69) is 9.97 Å². The Bertz CT molecular complexity index is 653. The molecule has 3 rings (SSSR count). The highest BCUT2D eigenvalue weighted by atomic mass is 32.1. The molecule has 19 heavy (non-hydrogen) atoms. The van der Waals surface area contributed by atoms with Gasteiger partial charge in [0, 0.05) is 25.5 Å². The Balaban J connectivity index is 2.13. The molecule has 1 aliphatic rings. The zero-order valence-corrected chi connectivity index (χ0v) is 11.5. The number of hydrogen-bond donors (Lipinski definition) is 1. The molecule has 100 valence electrons. The van der Waals surface area contributed by atoms with Crippen LogP contribution < -0.4 is 0 Å². The zero-order chi connectivity index (χ0) is 13.6. The Kier molecular flexibility index (Phi) is 2.99. The normalized spacial score (nSPS) is 21.8. The van der Waals surface area contributed by atoms with Crippen LogP contribution in [0.4, 0.5) is 0 Å². The second-order valence-electron chi connectivity index (χ2n) is 4.83. The summed E-state index contributed by atoms with van der Waals surface area (Å²) in [7, 11) is 1.67. The highest BCUT2D eigenvalue weighted by molar-refractivity contribution is 7.18. The number of methoxy groups -OCH3 is 1. The van der Waals surface area contributed by atoms with Crippen molar-refractivity contribution in [1.82, 2.24) is 9.97 Å². The fourth-order valence-electron chi connectivity index (χ4n) is 2.54. The monoisotopic (exact) mass is 278 g/mol. The van der Waals surface area contributed by atoms with Crippen molar-refractivity contribution in [2.45, 2.75) is 19.3 Å². The number of fused-ring (bicyclic) bond motifs is 1. The van der Waals surface area contributed by atoms with E-state index in [1.807, 2.05) is 6.92 Å². The number of pyridine rings is 1. The van der Waals surface area contributed by atoms with Crippen LogP contribution >= 0.6 is 11.3 Å². The van der Waals surface area contributed by atoms with Gasteiger partial charge in [-0.1, -0.05) is 11.3 Å². The molecular formula is C13H14N2O3S. The Morgan fingerprint density at radius 1 is 1.63 bits per heavy atom. The van der Waals surface area contributed by atoms with Gasteiger partial charge in [-0.3, -0.25) is 0 Å². The van der Waals surface area contributed by atoms with Crippen molar-refractivity contribution in [3.8, 4) is 0 Å². The smallest absolute Gasteiger partial charge is 0.337 e. The van der Waals surface area contributed by atoms with Gasteiger partial charge in [0.2, 0.25) is 0 Å². The molecule has 0 radical (unpaired) electrons. The van der Waals surface area contributed by atoms with Crippen molar-refractivity contribution < 1.29 is 14.6 Å². The Labute approximate surface area is 114 Å². The molecule has 1 fully saturated rings. The van der Waals surface area contributed by atoms with Crippen LogP contribution in [0.5, 0.6) is 0 Å². The minimum absolute atomic E-state index is 0.234. The molecule has 0 aliphatic heterocycles. The van der Waals surface area contributed by atoms with E-state index >= 15 is 0 Å². The number of rotatable bonds is 4. The van der Waals surface area contributed by atoms with Crippen LogP contribution in [0.1, 0.15) is 33.3 Å². The molecule has 5 nitrogen and oxygen atoms in total. The van der Waals surface area contributed by atoms with E-state index in [-0.39, 0.29) is 11.5 Å². The number of thiazole rings is 1. The first-order valence-electron chi connectivity index (χ1n) is 6.10. The van der Waals surface area contributed by atoms with Crippen molar-refractivity contribution in [3.63, 3.8) is 0 Å². The molecule has 2 aromatic rings. The SMILES string of the molecule is COC[C@H]1C[C@@H]1c1c(C(=O)O)cnc2sc(C)nc12. The van der Waals surface area contributed by atoms with E-state index in [1.165, 1.54) is 17.5 Å². The predicted octanol–water partition coefficient (Wildman–Crippen LogP) is 2.45. The molecule has 1 saturated carbocycles. The van der Waals surface area contributed by atoms with Crippen molar-refractivity contribution in [2.24, 2.45) is 5.92 Å². The number of nitrogens with zero attached hydrogens (tertiary/aromatic N) is 2. The molecule has 0 amide bonds. The summed E-state index contributed by atoms with van der Waals surface area (Å²) in [5, 5.41) is 10.2. The van der Waals surface area contributed by atoms with Gasteiger partial charge in [0.15, 0.2) is 0 Å². The molecule has 2 heterocycles. The third kappa shape index (κ3) is 2.11. The van der Waals surface area contributed by atoms with E-state index in [4.69, 9.17) is 4.74 Å². The number of carbonyl (C=O) groups is 1. The summed E-state index contributed by atoms with van der Waals surface area (Å²) < 4.78 is 5.15. The third-order valence-corrected chi connectivity index (χ3v) is 4.36. The average Bonchev–Trinajstić information content (AvgIpc) is 2.99. The van der Waals surface area contributed by atoms with Gasteiger partial charge in [-0.15, -0.1) is 0 Å². The van der Waals surface area contributed by atoms with E-state index in [1.54, 1.807) is 7.11 Å². The minimum atomic E-state index is -0.932. The Hall–Kier alpha value is -1.53. The lowest BCUT2D eigenvalue weighted by atomic mass is 10.0. The van der Waals surface area contributed by atoms with Crippen molar-refractivity contribution >= 4 is 27.7 Å². The van der Waals surface area contributed by atoms with Gasteiger partial charge in [-0.2, -0.15) is 0 Å². The summed E-state index contributed by atoms with van der Waals surface area (Å²) in [5.41, 5.74) is 1.87. The molecule has 2 aromatic heterocycles. The van der Waals surface area contributed by atoms with Gasteiger partial charge in [0.1, 0.15) is 10.3 Å². The number of carboxylic acids is 1. The molecule has 6 heteroatoms. The number of aryl methyl sites for hydroxylation is 1. The number of aromatic carboxylic acids is 1. The first kappa shape index (κ1) is 12.5. The Morgan fingerprint density at radius 2 is 2.42 bits per heavy atom. The van der Waals surface area contributed by atoms with Crippen LogP contribution in [0.15, 0.2) is 6.20 Å². The van der Waals surface area contributed by atoms with Crippen molar-refractivity contribution in [3.05, 3.63) is 22.3 Å². The van der Waals surface area contributed by atoms with Crippen LogP contribution in [0.3, 0.4) is 0 Å². The first-order chi connectivity index (χ1) is 9.11. The molecule has 0 aromatic carbocycles. The summed E-state index contributed by atoms with van der Waals surface area (Å²) in [5.74, 6) is -0.299. The second-order valence-corrected chi connectivity index (χ2v) is 6.02. The van der Waals surface area contributed by atoms with E-state index in [0.29, 0.717) is 12.5 Å². The summed E-state index contributed by atoms with van der Waals surface area (Å²) in [6, 6.07) is 0. The number of hydrogen-bond acceptors (Lipinski definition) is 5. The van der Waals surface area contributed by atoms with Gasteiger partial charge in [0.25, 0.3) is 0 Å². The Morgan fingerprint density at radius 3 is 3.11 bits per heavy atom. The molecule has 0 spiro atoms. The summed E-state index contributed by atoms with van der Waals surface area (Å²) in [6.45, 7) is 2.58. The summed E-state index contributed by atoms with van der Waals surface area (Å²) in [4.78, 5) is 20.9. The predicted molar refractivity (Wildman–Crippen MR) is 71.8 cm³/mol. The minimum Gasteiger partial charge on any atom is -0.478 e. The third-order valence-electron chi connectivity index (χ3n) is 3.48. The molecule has 0 bridgehead atoms. The molecule has 2 atom stereocenters. The van der Waals surface area contributed by atoms with Crippen LogP contribution in [0.2, 0.25) is 0 Å². The van der Waals surface area contributed by atoms with E-state index in [9.17, 15) is 9.90 Å².